The lowest BCUT2D eigenvalue weighted by Crippen LogP contribution is -2.20. The number of nitrogens with one attached hydrogen (secondary N) is 1. The van der Waals surface area contributed by atoms with Crippen molar-refractivity contribution in [2.24, 2.45) is 5.10 Å². The van der Waals surface area contributed by atoms with Gasteiger partial charge in [0.05, 0.1) is 18.2 Å². The number of carboxylic acid groups (broad SMARTS) is 1. The Labute approximate surface area is 148 Å². The molecule has 0 fully saturated rings. The van der Waals surface area contributed by atoms with E-state index in [0.717, 1.165) is 10.5 Å². The molecule has 1 amide bonds. The lowest BCUT2D eigenvalue weighted by molar-refractivity contribution is -0.120. The number of carboxylic acids is 1. The number of hydrazone groups is 1. The maximum atomic E-state index is 12.0. The quantitative estimate of drug-likeness (QED) is 0.468. The van der Waals surface area contributed by atoms with Crippen LogP contribution in [0.4, 0.5) is 0 Å². The molecule has 0 saturated carbocycles. The van der Waals surface area contributed by atoms with E-state index < -0.39 is 5.97 Å². The highest BCUT2D eigenvalue weighted by Gasteiger charge is 2.08. The van der Waals surface area contributed by atoms with Gasteiger partial charge in [0.15, 0.2) is 0 Å². The van der Waals surface area contributed by atoms with Gasteiger partial charge in [-0.3, -0.25) is 4.79 Å². The topological polar surface area (TPSA) is 78.8 Å². The van der Waals surface area contributed by atoms with Crippen molar-refractivity contribution in [1.82, 2.24) is 5.43 Å². The molecule has 0 aromatic heterocycles. The van der Waals surface area contributed by atoms with Gasteiger partial charge in [0.1, 0.15) is 0 Å². The molecule has 0 spiro atoms. The predicted octanol–water partition coefficient (Wildman–Crippen LogP) is 3.45. The minimum absolute atomic E-state index is 0.173. The van der Waals surface area contributed by atoms with Crippen LogP contribution in [0.15, 0.2) is 52.5 Å². The zero-order valence-electron chi connectivity index (χ0n) is 12.8. The molecule has 0 aliphatic heterocycles. The van der Waals surface area contributed by atoms with Crippen LogP contribution in [-0.4, -0.2) is 29.5 Å². The van der Waals surface area contributed by atoms with Gasteiger partial charge in [0.2, 0.25) is 5.91 Å². The molecule has 0 saturated heterocycles. The molecule has 0 radical (unpaired) electrons. The average Bonchev–Trinajstić information content (AvgIpc) is 2.55. The SMILES string of the molecule is CSc1ccc(Cl)cc1CC(=O)N/N=C\c1ccc(C(=O)O)cc1. The van der Waals surface area contributed by atoms with Crippen molar-refractivity contribution in [3.63, 3.8) is 0 Å². The first kappa shape index (κ1) is 18.0. The fraction of sp³-hybridized carbons (Fsp3) is 0.118. The van der Waals surface area contributed by atoms with Crippen molar-refractivity contribution in [3.05, 3.63) is 64.2 Å². The number of carbonyl (C=O) groups is 2. The van der Waals surface area contributed by atoms with Crippen molar-refractivity contribution >= 4 is 41.5 Å². The van der Waals surface area contributed by atoms with Crippen molar-refractivity contribution in [1.29, 1.82) is 0 Å². The normalized spacial score (nSPS) is 10.8. The van der Waals surface area contributed by atoms with Crippen LogP contribution in [0.2, 0.25) is 5.02 Å². The molecule has 0 aliphatic rings. The first-order valence-corrected chi connectivity index (χ1v) is 8.57. The molecule has 2 aromatic rings. The highest BCUT2D eigenvalue weighted by atomic mass is 35.5. The summed E-state index contributed by atoms with van der Waals surface area (Å²) in [7, 11) is 0. The Morgan fingerprint density at radius 3 is 2.58 bits per heavy atom. The number of benzene rings is 2. The molecule has 0 aliphatic carbocycles. The molecule has 0 unspecified atom stereocenters. The number of thioether (sulfide) groups is 1. The number of aromatic carboxylic acids is 1. The van der Waals surface area contributed by atoms with E-state index in [1.54, 1.807) is 36.0 Å². The minimum Gasteiger partial charge on any atom is -0.478 e. The minimum atomic E-state index is -0.988. The first-order valence-electron chi connectivity index (χ1n) is 6.97. The Morgan fingerprint density at radius 2 is 1.96 bits per heavy atom. The molecule has 0 heterocycles. The number of hydrogen-bond donors (Lipinski definition) is 2. The van der Waals surface area contributed by atoms with Gasteiger partial charge in [-0.1, -0.05) is 23.7 Å². The third-order valence-electron chi connectivity index (χ3n) is 3.15. The highest BCUT2D eigenvalue weighted by molar-refractivity contribution is 7.98. The largest absolute Gasteiger partial charge is 0.478 e. The third kappa shape index (κ3) is 5.11. The van der Waals surface area contributed by atoms with Gasteiger partial charge >= 0.3 is 5.97 Å². The Balaban J connectivity index is 1.95. The van der Waals surface area contributed by atoms with Gasteiger partial charge < -0.3 is 5.11 Å². The molecule has 0 atom stereocenters. The average molecular weight is 363 g/mol. The van der Waals surface area contributed by atoms with E-state index in [1.165, 1.54) is 18.3 Å². The van der Waals surface area contributed by atoms with Crippen molar-refractivity contribution in [2.45, 2.75) is 11.3 Å². The summed E-state index contributed by atoms with van der Waals surface area (Å²) in [5.74, 6) is -1.25. The summed E-state index contributed by atoms with van der Waals surface area (Å²) in [6, 6.07) is 11.6. The summed E-state index contributed by atoms with van der Waals surface area (Å²) in [4.78, 5) is 23.7. The van der Waals surface area contributed by atoms with Crippen LogP contribution in [0.3, 0.4) is 0 Å². The fourth-order valence-electron chi connectivity index (χ4n) is 1.99. The van der Waals surface area contributed by atoms with Gasteiger partial charge in [-0.05, 0) is 47.7 Å². The van der Waals surface area contributed by atoms with Crippen LogP contribution in [0.25, 0.3) is 0 Å². The second-order valence-corrected chi connectivity index (χ2v) is 6.14. The summed E-state index contributed by atoms with van der Waals surface area (Å²) in [5, 5.41) is 13.3. The molecule has 2 N–H and O–H groups in total. The van der Waals surface area contributed by atoms with Gasteiger partial charge in [-0.15, -0.1) is 11.8 Å². The number of rotatable bonds is 6. The summed E-state index contributed by atoms with van der Waals surface area (Å²) in [6.45, 7) is 0. The molecule has 124 valence electrons. The number of carbonyl (C=O) groups excluding carboxylic acids is 1. The predicted molar refractivity (Wildman–Crippen MR) is 96.1 cm³/mol. The van der Waals surface area contributed by atoms with E-state index in [4.69, 9.17) is 16.7 Å². The van der Waals surface area contributed by atoms with Crippen molar-refractivity contribution in [2.75, 3.05) is 6.26 Å². The number of amides is 1. The molecule has 5 nitrogen and oxygen atoms in total. The Kier molecular flexibility index (Phi) is 6.40. The van der Waals surface area contributed by atoms with Crippen molar-refractivity contribution in [3.8, 4) is 0 Å². The summed E-state index contributed by atoms with van der Waals surface area (Å²) < 4.78 is 0. The summed E-state index contributed by atoms with van der Waals surface area (Å²) in [6.07, 6.45) is 3.56. The number of halogens is 1. The van der Waals surface area contributed by atoms with Crippen molar-refractivity contribution < 1.29 is 14.7 Å². The van der Waals surface area contributed by atoms with Crippen LogP contribution in [-0.2, 0) is 11.2 Å². The van der Waals surface area contributed by atoms with E-state index in [2.05, 4.69) is 10.5 Å². The Bertz CT molecular complexity index is 776. The molecular formula is C17H15ClN2O3S. The third-order valence-corrected chi connectivity index (χ3v) is 4.23. The van der Waals surface area contributed by atoms with Crippen LogP contribution in [0, 0.1) is 0 Å². The smallest absolute Gasteiger partial charge is 0.335 e. The fourth-order valence-corrected chi connectivity index (χ4v) is 2.78. The lowest BCUT2D eigenvalue weighted by Gasteiger charge is -2.07. The zero-order valence-corrected chi connectivity index (χ0v) is 14.4. The molecule has 0 bridgehead atoms. The van der Waals surface area contributed by atoms with Crippen LogP contribution < -0.4 is 5.43 Å². The molecular weight excluding hydrogens is 348 g/mol. The number of hydrogen-bond acceptors (Lipinski definition) is 4. The van der Waals surface area contributed by atoms with E-state index in [-0.39, 0.29) is 17.9 Å². The first-order chi connectivity index (χ1) is 11.5. The zero-order chi connectivity index (χ0) is 17.5. The molecule has 2 rings (SSSR count). The second kappa shape index (κ2) is 8.52. The Hall–Kier alpha value is -2.31. The monoisotopic (exact) mass is 362 g/mol. The van der Waals surface area contributed by atoms with Gasteiger partial charge in [-0.2, -0.15) is 5.10 Å². The number of nitrogens with zero attached hydrogens (tertiary/aromatic N) is 1. The molecule has 7 heteroatoms. The van der Waals surface area contributed by atoms with E-state index in [9.17, 15) is 9.59 Å². The maximum Gasteiger partial charge on any atom is 0.335 e. The van der Waals surface area contributed by atoms with Crippen LogP contribution in [0.1, 0.15) is 21.5 Å². The maximum absolute atomic E-state index is 12.0. The molecule has 24 heavy (non-hydrogen) atoms. The van der Waals surface area contributed by atoms with E-state index in [1.807, 2.05) is 12.3 Å². The second-order valence-electron chi connectivity index (χ2n) is 4.85. The molecule has 2 aromatic carbocycles. The summed E-state index contributed by atoms with van der Waals surface area (Å²) in [5.41, 5.74) is 4.17. The van der Waals surface area contributed by atoms with Gasteiger partial charge in [0.25, 0.3) is 0 Å². The Morgan fingerprint density at radius 1 is 1.25 bits per heavy atom. The summed E-state index contributed by atoms with van der Waals surface area (Å²) >= 11 is 7.51. The van der Waals surface area contributed by atoms with E-state index >= 15 is 0 Å². The van der Waals surface area contributed by atoms with Crippen LogP contribution in [0.5, 0.6) is 0 Å². The van der Waals surface area contributed by atoms with E-state index in [0.29, 0.717) is 10.6 Å². The lowest BCUT2D eigenvalue weighted by atomic mass is 10.1. The standard InChI is InChI=1S/C17H15ClN2O3S/c1-24-15-7-6-14(18)8-13(15)9-16(21)20-19-10-11-2-4-12(5-3-11)17(22)23/h2-8,10H,9H2,1H3,(H,20,21)(H,22,23)/b19-10-. The van der Waals surface area contributed by atoms with Gasteiger partial charge in [0, 0.05) is 9.92 Å². The van der Waals surface area contributed by atoms with Gasteiger partial charge in [-0.25, -0.2) is 10.2 Å². The van der Waals surface area contributed by atoms with Crippen LogP contribution >= 0.6 is 23.4 Å². The highest BCUT2D eigenvalue weighted by Crippen LogP contribution is 2.24.